The lowest BCUT2D eigenvalue weighted by molar-refractivity contribution is -0.157. The highest BCUT2D eigenvalue weighted by molar-refractivity contribution is 5.78. The Kier molecular flexibility index (Phi) is 3.31. The van der Waals surface area contributed by atoms with Gasteiger partial charge in [-0.05, 0) is 19.8 Å². The van der Waals surface area contributed by atoms with Gasteiger partial charge in [-0.1, -0.05) is 13.8 Å². The quantitative estimate of drug-likeness (QED) is 0.485. The van der Waals surface area contributed by atoms with Crippen LogP contribution in [-0.4, -0.2) is 25.3 Å². The Balaban J connectivity index is 2.69. The highest BCUT2D eigenvalue weighted by atomic mass is 16.6. The second-order valence-corrected chi connectivity index (χ2v) is 3.41. The smallest absolute Gasteiger partial charge is 0.314 e. The van der Waals surface area contributed by atoms with Crippen LogP contribution < -0.4 is 0 Å². The molecule has 1 aliphatic rings. The lowest BCUT2D eigenvalue weighted by Crippen LogP contribution is -2.37. The number of carbonyl (C=O) groups excluding carboxylic acids is 1. The van der Waals surface area contributed by atoms with Crippen LogP contribution in [0.5, 0.6) is 0 Å². The average Bonchev–Trinajstić information content (AvgIpc) is 2.92. The summed E-state index contributed by atoms with van der Waals surface area (Å²) in [6.45, 7) is 7.03. The molecule has 1 heterocycles. The highest BCUT2D eigenvalue weighted by Crippen LogP contribution is 2.40. The van der Waals surface area contributed by atoms with Gasteiger partial charge >= 0.3 is 5.97 Å². The summed E-state index contributed by atoms with van der Waals surface area (Å²) in [4.78, 5) is 11.7. The van der Waals surface area contributed by atoms with Gasteiger partial charge in [0.15, 0.2) is 0 Å². The van der Waals surface area contributed by atoms with Crippen molar-refractivity contribution < 1.29 is 14.3 Å². The van der Waals surface area contributed by atoms with Crippen molar-refractivity contribution >= 4 is 5.97 Å². The Morgan fingerprint density at radius 3 is 2.31 bits per heavy atom. The summed E-state index contributed by atoms with van der Waals surface area (Å²) in [6.07, 6.45) is 1.70. The van der Waals surface area contributed by atoms with Crippen molar-refractivity contribution in [1.29, 1.82) is 0 Å². The summed E-state index contributed by atoms with van der Waals surface area (Å²) in [5.41, 5.74) is -0.379. The van der Waals surface area contributed by atoms with Crippen molar-refractivity contribution in [2.24, 2.45) is 5.41 Å². The van der Waals surface area contributed by atoms with Crippen LogP contribution in [0.2, 0.25) is 0 Å². The molecule has 3 nitrogen and oxygen atoms in total. The van der Waals surface area contributed by atoms with E-state index >= 15 is 0 Å². The second kappa shape index (κ2) is 4.09. The first kappa shape index (κ1) is 10.5. The van der Waals surface area contributed by atoms with Crippen molar-refractivity contribution in [3.05, 3.63) is 0 Å². The third-order valence-electron chi connectivity index (χ3n) is 2.89. The third kappa shape index (κ3) is 1.85. The molecule has 3 heteroatoms. The minimum atomic E-state index is -0.379. The van der Waals surface area contributed by atoms with Crippen molar-refractivity contribution in [3.63, 3.8) is 0 Å². The number of rotatable bonds is 5. The van der Waals surface area contributed by atoms with E-state index in [1.54, 1.807) is 0 Å². The molecule has 1 atom stereocenters. The van der Waals surface area contributed by atoms with Crippen LogP contribution in [0.25, 0.3) is 0 Å². The molecule has 0 saturated carbocycles. The SMILES string of the molecule is CCOC(=O)C(CC)(CC)[C@@H]1CO1. The predicted octanol–water partition coefficient (Wildman–Crippen LogP) is 1.75. The van der Waals surface area contributed by atoms with E-state index in [1.165, 1.54) is 0 Å². The zero-order chi connectivity index (χ0) is 9.90. The maximum Gasteiger partial charge on any atom is 0.314 e. The summed E-state index contributed by atoms with van der Waals surface area (Å²) in [7, 11) is 0. The van der Waals surface area contributed by atoms with Gasteiger partial charge in [0.1, 0.15) is 0 Å². The van der Waals surface area contributed by atoms with Crippen LogP contribution >= 0.6 is 0 Å². The van der Waals surface area contributed by atoms with Gasteiger partial charge in [0, 0.05) is 0 Å². The Labute approximate surface area is 79.4 Å². The topological polar surface area (TPSA) is 38.8 Å². The van der Waals surface area contributed by atoms with Crippen molar-refractivity contribution in [2.75, 3.05) is 13.2 Å². The van der Waals surface area contributed by atoms with E-state index < -0.39 is 0 Å². The molecular weight excluding hydrogens is 168 g/mol. The van der Waals surface area contributed by atoms with Gasteiger partial charge in [0.25, 0.3) is 0 Å². The molecular formula is C10H18O3. The standard InChI is InChI=1S/C10H18O3/c1-4-10(5-2,8-7-13-8)9(11)12-6-3/h8H,4-7H2,1-3H3/t8-/m0/s1. The molecule has 0 aromatic carbocycles. The first-order valence-corrected chi connectivity index (χ1v) is 5.00. The van der Waals surface area contributed by atoms with E-state index in [9.17, 15) is 4.79 Å². The molecule has 0 radical (unpaired) electrons. The number of ether oxygens (including phenoxy) is 2. The summed E-state index contributed by atoms with van der Waals surface area (Å²) in [5, 5.41) is 0. The van der Waals surface area contributed by atoms with E-state index in [0.717, 1.165) is 12.8 Å². The van der Waals surface area contributed by atoms with Crippen LogP contribution in [-0.2, 0) is 14.3 Å². The van der Waals surface area contributed by atoms with Crippen molar-refractivity contribution in [3.8, 4) is 0 Å². The molecule has 1 fully saturated rings. The molecule has 1 rings (SSSR count). The van der Waals surface area contributed by atoms with Crippen molar-refractivity contribution in [1.82, 2.24) is 0 Å². The molecule has 0 N–H and O–H groups in total. The zero-order valence-corrected chi connectivity index (χ0v) is 8.63. The van der Waals surface area contributed by atoms with Crippen molar-refractivity contribution in [2.45, 2.75) is 39.7 Å². The Hall–Kier alpha value is -0.570. The van der Waals surface area contributed by atoms with Crippen LogP contribution in [0, 0.1) is 5.41 Å². The van der Waals surface area contributed by atoms with Gasteiger partial charge in [-0.3, -0.25) is 4.79 Å². The molecule has 0 aromatic heterocycles. The van der Waals surface area contributed by atoms with E-state index in [1.807, 2.05) is 20.8 Å². The molecule has 0 bridgehead atoms. The van der Waals surface area contributed by atoms with E-state index in [-0.39, 0.29) is 17.5 Å². The maximum atomic E-state index is 11.7. The van der Waals surface area contributed by atoms with Gasteiger partial charge in [-0.2, -0.15) is 0 Å². The van der Waals surface area contributed by atoms with E-state index in [2.05, 4.69) is 0 Å². The predicted molar refractivity (Wildman–Crippen MR) is 49.4 cm³/mol. The van der Waals surface area contributed by atoms with Crippen LogP contribution in [0.1, 0.15) is 33.6 Å². The fourth-order valence-corrected chi connectivity index (χ4v) is 1.77. The van der Waals surface area contributed by atoms with Gasteiger partial charge in [0.2, 0.25) is 0 Å². The van der Waals surface area contributed by atoms with E-state index in [0.29, 0.717) is 13.2 Å². The molecule has 13 heavy (non-hydrogen) atoms. The molecule has 0 spiro atoms. The second-order valence-electron chi connectivity index (χ2n) is 3.41. The Bertz CT molecular complexity index is 181. The fourth-order valence-electron chi connectivity index (χ4n) is 1.77. The molecule has 0 aliphatic carbocycles. The summed E-state index contributed by atoms with van der Waals surface area (Å²) >= 11 is 0. The van der Waals surface area contributed by atoms with Crippen LogP contribution in [0.15, 0.2) is 0 Å². The summed E-state index contributed by atoms with van der Waals surface area (Å²) in [5.74, 6) is -0.0949. The Morgan fingerprint density at radius 1 is 1.46 bits per heavy atom. The number of hydrogen-bond acceptors (Lipinski definition) is 3. The Morgan fingerprint density at radius 2 is 2.00 bits per heavy atom. The van der Waals surface area contributed by atoms with Crippen LogP contribution in [0.4, 0.5) is 0 Å². The fraction of sp³-hybridized carbons (Fsp3) is 0.900. The molecule has 0 unspecified atom stereocenters. The third-order valence-corrected chi connectivity index (χ3v) is 2.89. The minimum Gasteiger partial charge on any atom is -0.465 e. The largest absolute Gasteiger partial charge is 0.465 e. The first-order valence-electron chi connectivity index (χ1n) is 5.00. The van der Waals surface area contributed by atoms with Gasteiger partial charge < -0.3 is 9.47 Å². The normalized spacial score (nSPS) is 21.3. The number of esters is 1. The summed E-state index contributed by atoms with van der Waals surface area (Å²) in [6, 6.07) is 0. The van der Waals surface area contributed by atoms with E-state index in [4.69, 9.17) is 9.47 Å². The molecule has 1 aliphatic heterocycles. The molecule has 0 aromatic rings. The molecule has 76 valence electrons. The summed E-state index contributed by atoms with van der Waals surface area (Å²) < 4.78 is 10.3. The number of carbonyl (C=O) groups is 1. The number of epoxide rings is 1. The maximum absolute atomic E-state index is 11.7. The van der Waals surface area contributed by atoms with Crippen LogP contribution in [0.3, 0.4) is 0 Å². The van der Waals surface area contributed by atoms with Gasteiger partial charge in [-0.25, -0.2) is 0 Å². The monoisotopic (exact) mass is 186 g/mol. The van der Waals surface area contributed by atoms with Gasteiger partial charge in [-0.15, -0.1) is 0 Å². The lowest BCUT2D eigenvalue weighted by atomic mass is 9.79. The average molecular weight is 186 g/mol. The lowest BCUT2D eigenvalue weighted by Gasteiger charge is -2.26. The zero-order valence-electron chi connectivity index (χ0n) is 8.63. The highest BCUT2D eigenvalue weighted by Gasteiger charge is 2.51. The minimum absolute atomic E-state index is 0.0949. The molecule has 1 saturated heterocycles. The molecule has 0 amide bonds. The number of hydrogen-bond donors (Lipinski definition) is 0. The van der Waals surface area contributed by atoms with Gasteiger partial charge in [0.05, 0.1) is 24.7 Å². The first-order chi connectivity index (χ1) is 6.21.